The molecule has 0 fully saturated rings. The number of nitrogens with zero attached hydrogens (tertiary/aromatic N) is 1. The van der Waals surface area contributed by atoms with Gasteiger partial charge in [0.1, 0.15) is 0 Å². The van der Waals surface area contributed by atoms with Gasteiger partial charge < -0.3 is 11.1 Å². The van der Waals surface area contributed by atoms with Crippen molar-refractivity contribution in [1.29, 1.82) is 0 Å². The van der Waals surface area contributed by atoms with E-state index in [9.17, 15) is 4.79 Å². The van der Waals surface area contributed by atoms with Crippen molar-refractivity contribution in [3.05, 3.63) is 23.8 Å². The molecule has 0 saturated carbocycles. The number of nitrogen functional groups attached to an aromatic ring is 1. The summed E-state index contributed by atoms with van der Waals surface area (Å²) in [5, 5.41) is 2.90. The number of nitrogens with two attached hydrogens (primary N) is 1. The third-order valence-corrected chi connectivity index (χ3v) is 2.92. The molecule has 0 radical (unpaired) electrons. The van der Waals surface area contributed by atoms with Gasteiger partial charge in [0, 0.05) is 0 Å². The number of nitrogens with one attached hydrogen (secondary N) is 1. The van der Waals surface area contributed by atoms with E-state index in [0.29, 0.717) is 12.2 Å². The molecule has 1 aromatic carbocycles. The molecule has 1 amide bonds. The first-order valence-electron chi connectivity index (χ1n) is 6.45. The highest BCUT2D eigenvalue weighted by atomic mass is 16.2. The molecule has 1 aromatic rings. The second-order valence-corrected chi connectivity index (χ2v) is 4.46. The van der Waals surface area contributed by atoms with E-state index in [2.05, 4.69) is 24.1 Å². The first-order valence-corrected chi connectivity index (χ1v) is 6.45. The number of hydrogen-bond donors (Lipinski definition) is 2. The van der Waals surface area contributed by atoms with Crippen LogP contribution >= 0.6 is 0 Å². The molecular weight excluding hydrogens is 226 g/mol. The summed E-state index contributed by atoms with van der Waals surface area (Å²) in [5.74, 6) is -0.00806. The molecule has 1 rings (SSSR count). The molecule has 4 heteroatoms. The predicted octanol–water partition coefficient (Wildman–Crippen LogP) is 2.25. The number of hydrogen-bond acceptors (Lipinski definition) is 3. The molecule has 0 aliphatic heterocycles. The lowest BCUT2D eigenvalue weighted by Gasteiger charge is -2.19. The molecule has 0 bridgehead atoms. The van der Waals surface area contributed by atoms with Crippen molar-refractivity contribution in [1.82, 2.24) is 4.90 Å². The summed E-state index contributed by atoms with van der Waals surface area (Å²) >= 11 is 0. The Kier molecular flexibility index (Phi) is 5.65. The SMILES string of the molecule is CCCN(CC)CC(=O)Nc1c(C)cccc1N. The maximum Gasteiger partial charge on any atom is 0.238 e. The predicted molar refractivity (Wildman–Crippen MR) is 76.6 cm³/mol. The van der Waals surface area contributed by atoms with Crippen LogP contribution in [0.2, 0.25) is 0 Å². The van der Waals surface area contributed by atoms with E-state index >= 15 is 0 Å². The summed E-state index contributed by atoms with van der Waals surface area (Å²) in [4.78, 5) is 14.1. The van der Waals surface area contributed by atoms with Gasteiger partial charge in [0.25, 0.3) is 0 Å². The number of aryl methyl sites for hydroxylation is 1. The van der Waals surface area contributed by atoms with Crippen LogP contribution in [0.4, 0.5) is 11.4 Å². The molecule has 0 unspecified atom stereocenters. The van der Waals surface area contributed by atoms with Crippen LogP contribution in [0.1, 0.15) is 25.8 Å². The van der Waals surface area contributed by atoms with Gasteiger partial charge in [-0.15, -0.1) is 0 Å². The van der Waals surface area contributed by atoms with Crippen LogP contribution in [0.5, 0.6) is 0 Å². The van der Waals surface area contributed by atoms with Gasteiger partial charge in [-0.2, -0.15) is 0 Å². The van der Waals surface area contributed by atoms with Gasteiger partial charge in [-0.3, -0.25) is 9.69 Å². The molecule has 4 nitrogen and oxygen atoms in total. The zero-order chi connectivity index (χ0) is 13.5. The van der Waals surface area contributed by atoms with Gasteiger partial charge in [0.05, 0.1) is 17.9 Å². The monoisotopic (exact) mass is 249 g/mol. The number of amides is 1. The van der Waals surface area contributed by atoms with Gasteiger partial charge in [-0.25, -0.2) is 0 Å². The maximum atomic E-state index is 12.0. The average Bonchev–Trinajstić information content (AvgIpc) is 2.33. The van der Waals surface area contributed by atoms with E-state index in [0.717, 1.165) is 30.8 Å². The van der Waals surface area contributed by atoms with Gasteiger partial charge in [-0.1, -0.05) is 26.0 Å². The van der Waals surface area contributed by atoms with E-state index in [1.54, 1.807) is 6.07 Å². The molecule has 0 aromatic heterocycles. The van der Waals surface area contributed by atoms with Crippen molar-refractivity contribution in [3.8, 4) is 0 Å². The summed E-state index contributed by atoms with van der Waals surface area (Å²) in [6.45, 7) is 8.34. The summed E-state index contributed by atoms with van der Waals surface area (Å²) < 4.78 is 0. The molecule has 100 valence electrons. The van der Waals surface area contributed by atoms with Crippen LogP contribution in [-0.4, -0.2) is 30.4 Å². The number of benzene rings is 1. The topological polar surface area (TPSA) is 58.4 Å². The highest BCUT2D eigenvalue weighted by Gasteiger charge is 2.11. The summed E-state index contributed by atoms with van der Waals surface area (Å²) in [7, 11) is 0. The highest BCUT2D eigenvalue weighted by Crippen LogP contribution is 2.22. The van der Waals surface area contributed by atoms with Crippen molar-refractivity contribution < 1.29 is 4.79 Å². The Labute approximate surface area is 109 Å². The maximum absolute atomic E-state index is 12.0. The van der Waals surface area contributed by atoms with Crippen LogP contribution in [0.3, 0.4) is 0 Å². The van der Waals surface area contributed by atoms with Gasteiger partial charge in [0.2, 0.25) is 5.91 Å². The van der Waals surface area contributed by atoms with E-state index in [4.69, 9.17) is 5.73 Å². The molecule has 3 N–H and O–H groups in total. The zero-order valence-corrected chi connectivity index (χ0v) is 11.5. The Balaban J connectivity index is 2.64. The zero-order valence-electron chi connectivity index (χ0n) is 11.5. The summed E-state index contributed by atoms with van der Waals surface area (Å²) in [6, 6.07) is 5.62. The third-order valence-electron chi connectivity index (χ3n) is 2.92. The first kappa shape index (κ1) is 14.5. The fourth-order valence-electron chi connectivity index (χ4n) is 1.91. The highest BCUT2D eigenvalue weighted by molar-refractivity contribution is 5.96. The van der Waals surface area contributed by atoms with Crippen molar-refractivity contribution in [2.75, 3.05) is 30.7 Å². The molecule has 0 atom stereocenters. The molecule has 0 saturated heterocycles. The largest absolute Gasteiger partial charge is 0.397 e. The smallest absolute Gasteiger partial charge is 0.238 e. The Morgan fingerprint density at radius 2 is 2.11 bits per heavy atom. The van der Waals surface area contributed by atoms with Crippen LogP contribution < -0.4 is 11.1 Å². The molecule has 0 spiro atoms. The number of anilines is 2. The number of carbonyl (C=O) groups excluding carboxylic acids is 1. The van der Waals surface area contributed by atoms with Crippen LogP contribution in [-0.2, 0) is 4.79 Å². The van der Waals surface area contributed by atoms with E-state index in [1.807, 2.05) is 19.1 Å². The minimum absolute atomic E-state index is 0.00806. The second kappa shape index (κ2) is 7.01. The molecule has 18 heavy (non-hydrogen) atoms. The van der Waals surface area contributed by atoms with Crippen LogP contribution in [0.25, 0.3) is 0 Å². The lowest BCUT2D eigenvalue weighted by molar-refractivity contribution is -0.117. The van der Waals surface area contributed by atoms with Gasteiger partial charge in [-0.05, 0) is 38.1 Å². The Morgan fingerprint density at radius 3 is 2.67 bits per heavy atom. The normalized spacial score (nSPS) is 10.7. The standard InChI is InChI=1S/C14H23N3O/c1-4-9-17(5-2)10-13(18)16-14-11(3)7-6-8-12(14)15/h6-8H,4-5,9-10,15H2,1-3H3,(H,16,18). The minimum atomic E-state index is -0.00806. The first-order chi connectivity index (χ1) is 8.58. The second-order valence-electron chi connectivity index (χ2n) is 4.46. The van der Waals surface area contributed by atoms with Crippen LogP contribution in [0.15, 0.2) is 18.2 Å². The van der Waals surface area contributed by atoms with Crippen molar-refractivity contribution in [3.63, 3.8) is 0 Å². The van der Waals surface area contributed by atoms with Gasteiger partial charge in [0.15, 0.2) is 0 Å². The van der Waals surface area contributed by atoms with Crippen molar-refractivity contribution >= 4 is 17.3 Å². The lowest BCUT2D eigenvalue weighted by Crippen LogP contribution is -2.33. The number of para-hydroxylation sites is 1. The Morgan fingerprint density at radius 1 is 1.39 bits per heavy atom. The fourth-order valence-corrected chi connectivity index (χ4v) is 1.91. The summed E-state index contributed by atoms with van der Waals surface area (Å²) in [5.41, 5.74) is 8.20. The fraction of sp³-hybridized carbons (Fsp3) is 0.500. The number of carbonyl (C=O) groups is 1. The van der Waals surface area contributed by atoms with E-state index in [1.165, 1.54) is 0 Å². The van der Waals surface area contributed by atoms with E-state index in [-0.39, 0.29) is 5.91 Å². The molecule has 0 aliphatic rings. The van der Waals surface area contributed by atoms with Crippen molar-refractivity contribution in [2.45, 2.75) is 27.2 Å². The minimum Gasteiger partial charge on any atom is -0.397 e. The van der Waals surface area contributed by atoms with Gasteiger partial charge >= 0.3 is 0 Å². The van der Waals surface area contributed by atoms with E-state index < -0.39 is 0 Å². The third kappa shape index (κ3) is 4.04. The molecule has 0 heterocycles. The van der Waals surface area contributed by atoms with Crippen LogP contribution in [0, 0.1) is 6.92 Å². The number of rotatable bonds is 6. The lowest BCUT2D eigenvalue weighted by atomic mass is 10.1. The summed E-state index contributed by atoms with van der Waals surface area (Å²) in [6.07, 6.45) is 1.05. The molecule has 0 aliphatic carbocycles. The quantitative estimate of drug-likeness (QED) is 0.760. The van der Waals surface area contributed by atoms with Crippen molar-refractivity contribution in [2.24, 2.45) is 0 Å². The average molecular weight is 249 g/mol. The number of likely N-dealkylation sites (N-methyl/N-ethyl adjacent to an activating group) is 1. The molecular formula is C14H23N3O. The Hall–Kier alpha value is -1.55. The Bertz CT molecular complexity index is 384.